The average molecular weight is 510 g/mol. The Labute approximate surface area is 211 Å². The summed E-state index contributed by atoms with van der Waals surface area (Å²) in [6, 6.07) is 12.3. The van der Waals surface area contributed by atoms with Gasteiger partial charge in [-0.25, -0.2) is 0 Å². The summed E-state index contributed by atoms with van der Waals surface area (Å²) < 4.78 is 28.2. The number of carbonyl (C=O) groups is 2. The summed E-state index contributed by atoms with van der Waals surface area (Å²) in [7, 11) is 7.48. The zero-order valence-corrected chi connectivity index (χ0v) is 21.5. The van der Waals surface area contributed by atoms with Crippen LogP contribution in [0, 0.1) is 0 Å². The summed E-state index contributed by atoms with van der Waals surface area (Å²) in [6.07, 6.45) is -0.942. The van der Waals surface area contributed by atoms with Crippen LogP contribution in [0.5, 0.6) is 11.5 Å². The number of anilines is 2. The lowest BCUT2D eigenvalue weighted by Gasteiger charge is -2.53. The van der Waals surface area contributed by atoms with E-state index in [0.29, 0.717) is 41.5 Å². The van der Waals surface area contributed by atoms with Crippen molar-refractivity contribution in [1.82, 2.24) is 4.90 Å². The highest BCUT2D eigenvalue weighted by molar-refractivity contribution is 5.96. The highest BCUT2D eigenvalue weighted by atomic mass is 35.5. The molecule has 2 aromatic carbocycles. The van der Waals surface area contributed by atoms with Crippen molar-refractivity contribution < 1.29 is 33.3 Å². The summed E-state index contributed by atoms with van der Waals surface area (Å²) in [6.45, 7) is 2.08. The minimum atomic E-state index is -1.49. The van der Waals surface area contributed by atoms with Gasteiger partial charge in [0.15, 0.2) is 11.5 Å². The van der Waals surface area contributed by atoms with Gasteiger partial charge in [0.2, 0.25) is 12.1 Å². The highest BCUT2D eigenvalue weighted by Gasteiger charge is 2.54. The standard InChI is InChI=1S/C24H31N3O7.ClH/c1-16(28)25-18-9-7-8-10-19(18)27-14-13-26(23(32-4)24(27,33-5)34-6)22(29)17-11-12-20(30-2)21(15-17)31-3;/h7-12,15,23H,13-14H2,1-6H3,(H,25,28);1H. The SMILES string of the molecule is COc1ccc(C(=O)N2CCN(c3ccccc3NC(C)=O)C(OC)(OC)C2OC)cc1OC.Cl. The van der Waals surface area contributed by atoms with Crippen molar-refractivity contribution in [2.45, 2.75) is 19.1 Å². The molecule has 0 spiro atoms. The monoisotopic (exact) mass is 509 g/mol. The molecular weight excluding hydrogens is 478 g/mol. The third kappa shape index (κ3) is 5.30. The van der Waals surface area contributed by atoms with E-state index in [9.17, 15) is 9.59 Å². The van der Waals surface area contributed by atoms with Crippen LogP contribution < -0.4 is 19.7 Å². The first-order valence-electron chi connectivity index (χ1n) is 10.7. The Morgan fingerprint density at radius 1 is 0.943 bits per heavy atom. The number of ether oxygens (including phenoxy) is 5. The molecule has 1 N–H and O–H groups in total. The van der Waals surface area contributed by atoms with E-state index in [-0.39, 0.29) is 24.2 Å². The van der Waals surface area contributed by atoms with Crippen LogP contribution in [0.4, 0.5) is 11.4 Å². The predicted octanol–water partition coefficient (Wildman–Crippen LogP) is 2.97. The van der Waals surface area contributed by atoms with Crippen LogP contribution in [0.1, 0.15) is 17.3 Å². The maximum Gasteiger partial charge on any atom is 0.299 e. The smallest absolute Gasteiger partial charge is 0.299 e. The van der Waals surface area contributed by atoms with Crippen LogP contribution in [-0.4, -0.2) is 77.5 Å². The zero-order valence-electron chi connectivity index (χ0n) is 20.7. The van der Waals surface area contributed by atoms with Crippen molar-refractivity contribution in [3.63, 3.8) is 0 Å². The first-order valence-corrected chi connectivity index (χ1v) is 10.7. The number of hydrogen-bond acceptors (Lipinski definition) is 8. The largest absolute Gasteiger partial charge is 0.493 e. The molecule has 1 saturated heterocycles. The Morgan fingerprint density at radius 2 is 1.60 bits per heavy atom. The fourth-order valence-electron chi connectivity index (χ4n) is 4.23. The topological polar surface area (TPSA) is 98.8 Å². The third-order valence-corrected chi connectivity index (χ3v) is 5.74. The summed E-state index contributed by atoms with van der Waals surface area (Å²) in [4.78, 5) is 28.7. The first-order chi connectivity index (χ1) is 16.4. The molecule has 3 rings (SSSR count). The zero-order chi connectivity index (χ0) is 24.9. The summed E-state index contributed by atoms with van der Waals surface area (Å²) >= 11 is 0. The van der Waals surface area contributed by atoms with Crippen molar-refractivity contribution in [1.29, 1.82) is 0 Å². The molecule has 1 heterocycles. The molecule has 0 saturated carbocycles. The summed E-state index contributed by atoms with van der Waals surface area (Å²) in [5.41, 5.74) is 1.65. The van der Waals surface area contributed by atoms with Gasteiger partial charge in [-0.3, -0.25) is 9.59 Å². The van der Waals surface area contributed by atoms with Gasteiger partial charge in [0.25, 0.3) is 11.8 Å². The highest BCUT2D eigenvalue weighted by Crippen LogP contribution is 2.39. The number of hydrogen-bond donors (Lipinski definition) is 1. The third-order valence-electron chi connectivity index (χ3n) is 5.74. The second-order valence-electron chi connectivity index (χ2n) is 7.55. The van der Waals surface area contributed by atoms with Gasteiger partial charge in [0, 0.05) is 46.9 Å². The lowest BCUT2D eigenvalue weighted by molar-refractivity contribution is -0.300. The number of nitrogens with zero attached hydrogens (tertiary/aromatic N) is 2. The molecule has 0 radical (unpaired) electrons. The van der Waals surface area contributed by atoms with E-state index in [0.717, 1.165) is 0 Å². The van der Waals surface area contributed by atoms with Crippen LogP contribution in [0.3, 0.4) is 0 Å². The Bertz CT molecular complexity index is 1030. The van der Waals surface area contributed by atoms with E-state index in [2.05, 4.69) is 5.32 Å². The van der Waals surface area contributed by atoms with Crippen molar-refractivity contribution in [2.24, 2.45) is 0 Å². The molecule has 11 heteroatoms. The molecule has 1 atom stereocenters. The molecule has 2 aromatic rings. The molecule has 1 aliphatic heterocycles. The molecule has 192 valence electrons. The lowest BCUT2D eigenvalue weighted by atomic mass is 10.1. The molecule has 35 heavy (non-hydrogen) atoms. The number of rotatable bonds is 8. The van der Waals surface area contributed by atoms with Gasteiger partial charge in [-0.1, -0.05) is 12.1 Å². The van der Waals surface area contributed by atoms with Gasteiger partial charge >= 0.3 is 0 Å². The van der Waals surface area contributed by atoms with E-state index in [1.807, 2.05) is 23.1 Å². The summed E-state index contributed by atoms with van der Waals surface area (Å²) in [5.74, 6) is -1.03. The number of halogens is 1. The molecule has 0 aromatic heterocycles. The second-order valence-corrected chi connectivity index (χ2v) is 7.55. The summed E-state index contributed by atoms with van der Waals surface area (Å²) in [5, 5.41) is 2.83. The average Bonchev–Trinajstić information content (AvgIpc) is 2.86. The van der Waals surface area contributed by atoms with Gasteiger partial charge in [-0.05, 0) is 30.3 Å². The maximum atomic E-state index is 13.6. The van der Waals surface area contributed by atoms with E-state index >= 15 is 0 Å². The fraction of sp³-hybridized carbons (Fsp3) is 0.417. The molecule has 0 aliphatic carbocycles. The molecule has 1 fully saturated rings. The van der Waals surface area contributed by atoms with Gasteiger partial charge in [0.05, 0.1) is 25.6 Å². The van der Waals surface area contributed by atoms with Crippen molar-refractivity contribution in [3.8, 4) is 11.5 Å². The molecule has 1 aliphatic rings. The Hall–Kier alpha value is -3.05. The fourth-order valence-corrected chi connectivity index (χ4v) is 4.23. The number of nitrogens with one attached hydrogen (secondary N) is 1. The van der Waals surface area contributed by atoms with Gasteiger partial charge in [-0.15, -0.1) is 12.4 Å². The minimum absolute atomic E-state index is 0. The van der Waals surface area contributed by atoms with Gasteiger partial charge < -0.3 is 38.8 Å². The van der Waals surface area contributed by atoms with Gasteiger partial charge in [-0.2, -0.15) is 0 Å². The quantitative estimate of drug-likeness (QED) is 0.542. The molecule has 1 unspecified atom stereocenters. The Balaban J connectivity index is 0.00000432. The number of para-hydroxylation sites is 2. The van der Waals surface area contributed by atoms with Crippen LogP contribution in [0.2, 0.25) is 0 Å². The Morgan fingerprint density at radius 3 is 2.17 bits per heavy atom. The molecule has 10 nitrogen and oxygen atoms in total. The van der Waals surface area contributed by atoms with Crippen LogP contribution >= 0.6 is 12.4 Å². The molecule has 0 bridgehead atoms. The van der Waals surface area contributed by atoms with Crippen molar-refractivity contribution in [3.05, 3.63) is 48.0 Å². The lowest BCUT2D eigenvalue weighted by Crippen LogP contribution is -2.72. The molecule has 2 amide bonds. The normalized spacial score (nSPS) is 16.8. The predicted molar refractivity (Wildman–Crippen MR) is 133 cm³/mol. The number of carbonyl (C=O) groups excluding carboxylic acids is 2. The number of benzene rings is 2. The van der Waals surface area contributed by atoms with E-state index in [1.165, 1.54) is 42.5 Å². The number of methoxy groups -OCH3 is 5. The molecular formula is C24H32ClN3O7. The van der Waals surface area contributed by atoms with E-state index in [4.69, 9.17) is 23.7 Å². The van der Waals surface area contributed by atoms with Gasteiger partial charge in [0.1, 0.15) is 0 Å². The first kappa shape index (κ1) is 28.2. The number of amides is 2. The number of piperazine rings is 1. The van der Waals surface area contributed by atoms with E-state index < -0.39 is 12.1 Å². The van der Waals surface area contributed by atoms with Crippen LogP contribution in [-0.2, 0) is 19.0 Å². The maximum absolute atomic E-state index is 13.6. The van der Waals surface area contributed by atoms with Crippen LogP contribution in [0.25, 0.3) is 0 Å². The minimum Gasteiger partial charge on any atom is -0.493 e. The van der Waals surface area contributed by atoms with Crippen LogP contribution in [0.15, 0.2) is 42.5 Å². The Kier molecular flexibility index (Phi) is 9.73. The van der Waals surface area contributed by atoms with E-state index in [1.54, 1.807) is 29.2 Å². The van der Waals surface area contributed by atoms with Crippen molar-refractivity contribution in [2.75, 3.05) is 58.9 Å². The van der Waals surface area contributed by atoms with Crippen molar-refractivity contribution >= 4 is 35.6 Å². The second kappa shape index (κ2) is 12.1.